The number of anilines is 1. The molecule has 0 saturated carbocycles. The van der Waals surface area contributed by atoms with Crippen molar-refractivity contribution in [3.8, 4) is 11.4 Å². The molecule has 0 aliphatic rings. The van der Waals surface area contributed by atoms with Gasteiger partial charge in [0.25, 0.3) is 5.91 Å². The maximum absolute atomic E-state index is 11.8. The summed E-state index contributed by atoms with van der Waals surface area (Å²) >= 11 is 0. The topological polar surface area (TPSA) is 139 Å². The molecular formula is C22H23BN6O3. The van der Waals surface area contributed by atoms with Crippen LogP contribution in [0.5, 0.6) is 0 Å². The van der Waals surface area contributed by atoms with Gasteiger partial charge in [0.15, 0.2) is 11.6 Å². The number of aromatic nitrogens is 4. The van der Waals surface area contributed by atoms with Gasteiger partial charge in [0.1, 0.15) is 11.4 Å². The standard InChI is InChI=1S/C22H23BN6O3/c1-3-16-21(25-11-14-6-4-7-15(10-14)23(31)32)26-22(28-27-16)19-13(2)12-29-17(19)8-5-9-18(29)20(24)30/h4-10,12,31-32H,3,11H2,1-2H3,(H2,24,30)(H,25,26,28). The number of rotatable bonds is 7. The van der Waals surface area contributed by atoms with E-state index in [2.05, 4.69) is 15.5 Å². The number of benzene rings is 1. The molecule has 0 aliphatic carbocycles. The molecule has 0 radical (unpaired) electrons. The Morgan fingerprint density at radius 1 is 1.19 bits per heavy atom. The molecule has 4 rings (SSSR count). The molecular weight excluding hydrogens is 407 g/mol. The van der Waals surface area contributed by atoms with E-state index >= 15 is 0 Å². The molecule has 3 heterocycles. The summed E-state index contributed by atoms with van der Waals surface area (Å²) in [6.07, 6.45) is 2.47. The molecule has 0 aliphatic heterocycles. The number of nitrogens with one attached hydrogen (secondary N) is 1. The maximum atomic E-state index is 11.8. The number of hydrogen-bond donors (Lipinski definition) is 4. The van der Waals surface area contributed by atoms with Crippen molar-refractivity contribution in [1.82, 2.24) is 19.6 Å². The fourth-order valence-corrected chi connectivity index (χ4v) is 3.70. The minimum atomic E-state index is -1.52. The van der Waals surface area contributed by atoms with Crippen molar-refractivity contribution in [2.45, 2.75) is 26.8 Å². The summed E-state index contributed by atoms with van der Waals surface area (Å²) in [5, 5.41) is 30.8. The third-order valence-corrected chi connectivity index (χ3v) is 5.28. The zero-order valence-corrected chi connectivity index (χ0v) is 17.8. The first-order chi connectivity index (χ1) is 15.4. The third-order valence-electron chi connectivity index (χ3n) is 5.28. The average molecular weight is 430 g/mol. The lowest BCUT2D eigenvalue weighted by molar-refractivity contribution is 0.0994. The Hall–Kier alpha value is -3.76. The van der Waals surface area contributed by atoms with Gasteiger partial charge < -0.3 is 25.5 Å². The highest BCUT2D eigenvalue weighted by Crippen LogP contribution is 2.29. The summed E-state index contributed by atoms with van der Waals surface area (Å²) in [6, 6.07) is 12.3. The van der Waals surface area contributed by atoms with E-state index < -0.39 is 13.0 Å². The quantitative estimate of drug-likeness (QED) is 0.322. The number of carbonyl (C=O) groups excluding carboxylic acids is 1. The van der Waals surface area contributed by atoms with Gasteiger partial charge >= 0.3 is 7.12 Å². The Morgan fingerprint density at radius 3 is 2.69 bits per heavy atom. The van der Waals surface area contributed by atoms with E-state index in [1.165, 1.54) is 0 Å². The molecule has 0 bridgehead atoms. The van der Waals surface area contributed by atoms with Crippen LogP contribution < -0.4 is 16.5 Å². The Kier molecular flexibility index (Phi) is 5.89. The number of hydrogen-bond acceptors (Lipinski definition) is 7. The van der Waals surface area contributed by atoms with Gasteiger partial charge in [-0.15, -0.1) is 10.2 Å². The van der Waals surface area contributed by atoms with Gasteiger partial charge in [-0.1, -0.05) is 37.3 Å². The van der Waals surface area contributed by atoms with E-state index in [-0.39, 0.29) is 0 Å². The van der Waals surface area contributed by atoms with Gasteiger partial charge in [-0.3, -0.25) is 4.79 Å². The number of amides is 1. The molecule has 9 nitrogen and oxygen atoms in total. The Bertz CT molecular complexity index is 1300. The number of fused-ring (bicyclic) bond motifs is 1. The summed E-state index contributed by atoms with van der Waals surface area (Å²) in [4.78, 5) is 16.5. The van der Waals surface area contributed by atoms with Gasteiger partial charge in [-0.25, -0.2) is 4.98 Å². The monoisotopic (exact) mass is 430 g/mol. The molecule has 4 aromatic rings. The number of nitrogens with two attached hydrogens (primary N) is 1. The van der Waals surface area contributed by atoms with Crippen molar-refractivity contribution in [3.63, 3.8) is 0 Å². The zero-order chi connectivity index (χ0) is 22.8. The normalized spacial score (nSPS) is 11.0. The summed E-state index contributed by atoms with van der Waals surface area (Å²) in [5.74, 6) is 0.512. The van der Waals surface area contributed by atoms with Gasteiger partial charge in [0.05, 0.1) is 5.52 Å². The molecule has 1 amide bonds. The van der Waals surface area contributed by atoms with Crippen LogP contribution in [0.15, 0.2) is 48.7 Å². The number of nitrogens with zero attached hydrogens (tertiary/aromatic N) is 4. The lowest BCUT2D eigenvalue weighted by Gasteiger charge is -2.11. The molecule has 10 heteroatoms. The average Bonchev–Trinajstić information content (AvgIpc) is 3.13. The predicted molar refractivity (Wildman–Crippen MR) is 122 cm³/mol. The number of aryl methyl sites for hydroxylation is 2. The van der Waals surface area contributed by atoms with Crippen LogP contribution in [0.1, 0.15) is 34.2 Å². The molecule has 5 N–H and O–H groups in total. The minimum Gasteiger partial charge on any atom is -0.423 e. The highest BCUT2D eigenvalue weighted by molar-refractivity contribution is 6.58. The van der Waals surface area contributed by atoms with E-state index in [0.717, 1.165) is 22.2 Å². The minimum absolute atomic E-state index is 0.374. The number of carbonyl (C=O) groups is 1. The second-order valence-electron chi connectivity index (χ2n) is 7.47. The smallest absolute Gasteiger partial charge is 0.423 e. The summed E-state index contributed by atoms with van der Waals surface area (Å²) in [5.41, 5.74) is 10.3. The van der Waals surface area contributed by atoms with Crippen molar-refractivity contribution in [2.24, 2.45) is 5.73 Å². The van der Waals surface area contributed by atoms with Crippen LogP contribution in [-0.2, 0) is 13.0 Å². The molecule has 3 aromatic heterocycles. The van der Waals surface area contributed by atoms with E-state index in [1.807, 2.05) is 32.2 Å². The van der Waals surface area contributed by atoms with Crippen LogP contribution in [-0.4, -0.2) is 42.7 Å². The van der Waals surface area contributed by atoms with Crippen LogP contribution in [0, 0.1) is 6.92 Å². The fourth-order valence-electron chi connectivity index (χ4n) is 3.70. The SMILES string of the molecule is CCc1nnc(-c2c(C)cn3c(C(N)=O)cccc23)nc1NCc1cccc(B(O)O)c1. The van der Waals surface area contributed by atoms with E-state index in [4.69, 9.17) is 10.7 Å². The van der Waals surface area contributed by atoms with Crippen LogP contribution >= 0.6 is 0 Å². The highest BCUT2D eigenvalue weighted by atomic mass is 16.4. The first-order valence-corrected chi connectivity index (χ1v) is 10.2. The largest absolute Gasteiger partial charge is 0.488 e. The molecule has 0 atom stereocenters. The summed E-state index contributed by atoms with van der Waals surface area (Å²) in [7, 11) is -1.52. The van der Waals surface area contributed by atoms with Crippen molar-refractivity contribution >= 4 is 29.8 Å². The van der Waals surface area contributed by atoms with Crippen LogP contribution in [0.3, 0.4) is 0 Å². The Morgan fingerprint density at radius 2 is 1.97 bits per heavy atom. The van der Waals surface area contributed by atoms with E-state index in [0.29, 0.717) is 41.5 Å². The van der Waals surface area contributed by atoms with E-state index in [9.17, 15) is 14.8 Å². The van der Waals surface area contributed by atoms with Gasteiger partial charge in [0.2, 0.25) is 0 Å². The van der Waals surface area contributed by atoms with Crippen LogP contribution in [0.4, 0.5) is 5.82 Å². The second kappa shape index (κ2) is 8.78. The van der Waals surface area contributed by atoms with Crippen LogP contribution in [0.2, 0.25) is 0 Å². The lowest BCUT2D eigenvalue weighted by atomic mass is 9.80. The first kappa shape index (κ1) is 21.5. The summed E-state index contributed by atoms with van der Waals surface area (Å²) < 4.78 is 1.74. The van der Waals surface area contributed by atoms with Crippen molar-refractivity contribution < 1.29 is 14.8 Å². The molecule has 0 fully saturated rings. The first-order valence-electron chi connectivity index (χ1n) is 10.2. The van der Waals surface area contributed by atoms with Crippen molar-refractivity contribution in [1.29, 1.82) is 0 Å². The molecule has 0 unspecified atom stereocenters. The molecule has 0 spiro atoms. The van der Waals surface area contributed by atoms with Crippen molar-refractivity contribution in [2.75, 3.05) is 5.32 Å². The van der Waals surface area contributed by atoms with Crippen molar-refractivity contribution in [3.05, 3.63) is 71.2 Å². The van der Waals surface area contributed by atoms with E-state index in [1.54, 1.807) is 34.7 Å². The molecule has 0 saturated heterocycles. The van der Waals surface area contributed by atoms with Gasteiger partial charge in [-0.2, -0.15) is 0 Å². The molecule has 162 valence electrons. The maximum Gasteiger partial charge on any atom is 0.488 e. The Labute approximate surface area is 185 Å². The summed E-state index contributed by atoms with van der Waals surface area (Å²) in [6.45, 7) is 4.31. The molecule has 32 heavy (non-hydrogen) atoms. The van der Waals surface area contributed by atoms with Gasteiger partial charge in [-0.05, 0) is 42.1 Å². The highest BCUT2D eigenvalue weighted by Gasteiger charge is 2.18. The van der Waals surface area contributed by atoms with Gasteiger partial charge in [0, 0.05) is 18.3 Å². The zero-order valence-electron chi connectivity index (χ0n) is 17.8. The predicted octanol–water partition coefficient (Wildman–Crippen LogP) is 1.05. The van der Waals surface area contributed by atoms with Crippen LogP contribution in [0.25, 0.3) is 16.9 Å². The second-order valence-corrected chi connectivity index (χ2v) is 7.47. The Balaban J connectivity index is 1.72. The number of primary amides is 1. The fraction of sp³-hybridized carbons (Fsp3) is 0.182. The number of pyridine rings is 1. The molecule has 1 aromatic carbocycles. The third kappa shape index (κ3) is 4.05. The lowest BCUT2D eigenvalue weighted by Crippen LogP contribution is -2.30.